The zero-order chi connectivity index (χ0) is 21.5. The molecule has 4 rings (SSSR count). The van der Waals surface area contributed by atoms with Crippen LogP contribution in [0.2, 0.25) is 0 Å². The fourth-order valence-corrected chi connectivity index (χ4v) is 5.10. The number of aromatic nitrogens is 2. The Kier molecular flexibility index (Phi) is 7.88. The molecule has 168 valence electrons. The summed E-state index contributed by atoms with van der Waals surface area (Å²) in [6.07, 6.45) is 2.78. The van der Waals surface area contributed by atoms with E-state index in [-0.39, 0.29) is 11.8 Å². The molecule has 2 fully saturated rings. The van der Waals surface area contributed by atoms with E-state index in [1.807, 2.05) is 23.6 Å². The Morgan fingerprint density at radius 3 is 2.48 bits per heavy atom. The van der Waals surface area contributed by atoms with Crippen molar-refractivity contribution in [1.29, 1.82) is 0 Å². The molecule has 2 aromatic heterocycles. The molecule has 4 heterocycles. The van der Waals surface area contributed by atoms with Crippen molar-refractivity contribution < 1.29 is 4.79 Å². The van der Waals surface area contributed by atoms with Gasteiger partial charge >= 0.3 is 0 Å². The number of carbonyl (C=O) groups is 1. The molecule has 2 aromatic rings. The Morgan fingerprint density at radius 2 is 1.84 bits per heavy atom. The van der Waals surface area contributed by atoms with Crippen molar-refractivity contribution in [2.24, 2.45) is 5.92 Å². The number of rotatable bonds is 8. The summed E-state index contributed by atoms with van der Waals surface area (Å²) in [5.74, 6) is 1.24. The maximum atomic E-state index is 12.6. The van der Waals surface area contributed by atoms with Crippen molar-refractivity contribution in [3.63, 3.8) is 0 Å². The minimum Gasteiger partial charge on any atom is -0.356 e. The van der Waals surface area contributed by atoms with Gasteiger partial charge in [0, 0.05) is 51.7 Å². The third-order valence-electron chi connectivity index (χ3n) is 6.48. The Balaban J connectivity index is 1.14. The summed E-state index contributed by atoms with van der Waals surface area (Å²) in [5.41, 5.74) is 0.917. The summed E-state index contributed by atoms with van der Waals surface area (Å²) >= 11 is 1.67. The fraction of sp³-hybridized carbons (Fsp3) is 0.609. The molecule has 0 saturated carbocycles. The summed E-state index contributed by atoms with van der Waals surface area (Å²) < 4.78 is 0. The van der Waals surface area contributed by atoms with Gasteiger partial charge in [-0.25, -0.2) is 0 Å². The summed E-state index contributed by atoms with van der Waals surface area (Å²) in [7, 11) is 0. The van der Waals surface area contributed by atoms with Crippen molar-refractivity contribution in [1.82, 2.24) is 25.3 Å². The van der Waals surface area contributed by atoms with Crippen LogP contribution in [0.25, 0.3) is 10.6 Å². The molecule has 0 radical (unpaired) electrons. The largest absolute Gasteiger partial charge is 0.356 e. The van der Waals surface area contributed by atoms with E-state index in [2.05, 4.69) is 43.2 Å². The molecule has 7 nitrogen and oxygen atoms in total. The van der Waals surface area contributed by atoms with Crippen LogP contribution in [0, 0.1) is 5.92 Å². The Labute approximate surface area is 189 Å². The lowest BCUT2D eigenvalue weighted by Gasteiger charge is -2.34. The third-order valence-corrected chi connectivity index (χ3v) is 7.37. The van der Waals surface area contributed by atoms with E-state index < -0.39 is 0 Å². The van der Waals surface area contributed by atoms with Gasteiger partial charge in [-0.05, 0) is 55.9 Å². The number of thiophene rings is 1. The lowest BCUT2D eigenvalue weighted by Crippen LogP contribution is -2.47. The number of hydrogen-bond acceptors (Lipinski definition) is 7. The smallest absolute Gasteiger partial charge is 0.223 e. The van der Waals surface area contributed by atoms with Crippen molar-refractivity contribution >= 4 is 23.1 Å². The van der Waals surface area contributed by atoms with Crippen LogP contribution >= 0.6 is 11.3 Å². The van der Waals surface area contributed by atoms with E-state index in [1.165, 1.54) is 13.1 Å². The van der Waals surface area contributed by atoms with Gasteiger partial charge in [-0.3, -0.25) is 4.79 Å². The summed E-state index contributed by atoms with van der Waals surface area (Å²) in [6.45, 7) is 11.6. The lowest BCUT2D eigenvalue weighted by atomic mass is 9.96. The second-order valence-corrected chi connectivity index (χ2v) is 9.38. The lowest BCUT2D eigenvalue weighted by molar-refractivity contribution is -0.125. The molecule has 8 heteroatoms. The number of nitrogens with one attached hydrogen (secondary N) is 1. The average Bonchev–Trinajstić information content (AvgIpc) is 3.37. The first-order valence-corrected chi connectivity index (χ1v) is 12.5. The molecule has 2 aliphatic heterocycles. The summed E-state index contributed by atoms with van der Waals surface area (Å²) in [5, 5.41) is 14.0. The highest BCUT2D eigenvalue weighted by atomic mass is 32.1. The predicted octanol–water partition coefficient (Wildman–Crippen LogP) is 2.57. The normalized spacial score (nSPS) is 18.9. The van der Waals surface area contributed by atoms with Crippen LogP contribution in [0.5, 0.6) is 0 Å². The number of likely N-dealkylation sites (N-methyl/N-ethyl adjacent to an activating group) is 1. The number of piperidine rings is 1. The Bertz CT molecular complexity index is 796. The maximum absolute atomic E-state index is 12.6. The van der Waals surface area contributed by atoms with Crippen LogP contribution in [0.4, 0.5) is 5.82 Å². The van der Waals surface area contributed by atoms with Crippen LogP contribution in [0.3, 0.4) is 0 Å². The average molecular weight is 443 g/mol. The van der Waals surface area contributed by atoms with Gasteiger partial charge in [0.1, 0.15) is 5.69 Å². The van der Waals surface area contributed by atoms with Gasteiger partial charge in [-0.1, -0.05) is 13.0 Å². The van der Waals surface area contributed by atoms with E-state index in [4.69, 9.17) is 0 Å². The molecule has 31 heavy (non-hydrogen) atoms. The van der Waals surface area contributed by atoms with Crippen molar-refractivity contribution in [3.8, 4) is 10.6 Å². The molecule has 0 bridgehead atoms. The van der Waals surface area contributed by atoms with Gasteiger partial charge in [0.05, 0.1) is 4.88 Å². The second kappa shape index (κ2) is 11.0. The number of carbonyl (C=O) groups excluding carboxylic acids is 1. The van der Waals surface area contributed by atoms with Crippen LogP contribution in [0.15, 0.2) is 29.6 Å². The highest BCUT2D eigenvalue weighted by molar-refractivity contribution is 7.13. The molecule has 0 spiro atoms. The van der Waals surface area contributed by atoms with Gasteiger partial charge in [0.2, 0.25) is 5.91 Å². The molecular formula is C23H34N6OS. The predicted molar refractivity (Wildman–Crippen MR) is 126 cm³/mol. The van der Waals surface area contributed by atoms with Crippen LogP contribution in [0.1, 0.15) is 26.2 Å². The Hall–Kier alpha value is -2.03. The number of anilines is 1. The maximum Gasteiger partial charge on any atom is 0.223 e. The molecule has 1 amide bonds. The topological polar surface area (TPSA) is 64.6 Å². The molecular weight excluding hydrogens is 408 g/mol. The second-order valence-electron chi connectivity index (χ2n) is 8.44. The first kappa shape index (κ1) is 22.2. The highest BCUT2D eigenvalue weighted by Gasteiger charge is 2.25. The quantitative estimate of drug-likeness (QED) is 0.634. The zero-order valence-corrected chi connectivity index (χ0v) is 19.3. The van der Waals surface area contributed by atoms with E-state index in [9.17, 15) is 4.79 Å². The van der Waals surface area contributed by atoms with Crippen molar-refractivity contribution in [2.45, 2.75) is 26.2 Å². The van der Waals surface area contributed by atoms with Crippen LogP contribution in [-0.2, 0) is 4.79 Å². The summed E-state index contributed by atoms with van der Waals surface area (Å²) in [4.78, 5) is 21.0. The van der Waals surface area contributed by atoms with E-state index in [0.29, 0.717) is 0 Å². The van der Waals surface area contributed by atoms with Crippen LogP contribution < -0.4 is 10.2 Å². The van der Waals surface area contributed by atoms with Crippen LogP contribution in [-0.4, -0.2) is 84.8 Å². The van der Waals surface area contributed by atoms with E-state index in [1.54, 1.807) is 11.3 Å². The number of amides is 1. The zero-order valence-electron chi connectivity index (χ0n) is 18.5. The van der Waals surface area contributed by atoms with Crippen molar-refractivity contribution in [2.75, 3.05) is 63.8 Å². The van der Waals surface area contributed by atoms with Gasteiger partial charge in [-0.2, -0.15) is 0 Å². The summed E-state index contributed by atoms with van der Waals surface area (Å²) in [6, 6.07) is 8.17. The first-order chi connectivity index (χ1) is 15.2. The SMILES string of the molecule is CCN1CCN(CCCNC(=O)C2CCN(c3ccc(-c4cccs4)nn3)CC2)CC1. The Morgan fingerprint density at radius 1 is 1.06 bits per heavy atom. The molecule has 0 unspecified atom stereocenters. The monoisotopic (exact) mass is 442 g/mol. The molecule has 2 saturated heterocycles. The minimum absolute atomic E-state index is 0.114. The minimum atomic E-state index is 0.114. The molecule has 0 aromatic carbocycles. The highest BCUT2D eigenvalue weighted by Crippen LogP contribution is 2.25. The van der Waals surface area contributed by atoms with Gasteiger partial charge in [0.25, 0.3) is 0 Å². The number of nitrogens with zero attached hydrogens (tertiary/aromatic N) is 5. The van der Waals surface area contributed by atoms with E-state index in [0.717, 1.165) is 81.5 Å². The number of piperazine rings is 1. The standard InChI is InChI=1S/C23H34N6OS/c1-2-27-14-16-28(17-15-27)11-4-10-24-23(30)19-8-12-29(13-9-19)22-7-6-20(25-26-22)21-5-3-18-31-21/h3,5-7,18-19H,2,4,8-17H2,1H3,(H,24,30). The van der Waals surface area contributed by atoms with Gasteiger partial charge in [-0.15, -0.1) is 21.5 Å². The van der Waals surface area contributed by atoms with Crippen molar-refractivity contribution in [3.05, 3.63) is 29.6 Å². The number of hydrogen-bond donors (Lipinski definition) is 1. The molecule has 0 atom stereocenters. The van der Waals surface area contributed by atoms with Gasteiger partial charge in [0.15, 0.2) is 5.82 Å². The fourth-order valence-electron chi connectivity index (χ4n) is 4.41. The van der Waals surface area contributed by atoms with Gasteiger partial charge < -0.3 is 20.0 Å². The molecule has 1 N–H and O–H groups in total. The van der Waals surface area contributed by atoms with E-state index >= 15 is 0 Å². The third kappa shape index (κ3) is 6.02. The molecule has 2 aliphatic rings. The molecule has 0 aliphatic carbocycles. The first-order valence-electron chi connectivity index (χ1n) is 11.6.